The van der Waals surface area contributed by atoms with E-state index in [1.807, 2.05) is 31.2 Å². The van der Waals surface area contributed by atoms with Crippen molar-refractivity contribution < 1.29 is 0 Å². The molecule has 4 heteroatoms. The molecule has 1 aromatic carbocycles. The van der Waals surface area contributed by atoms with Crippen molar-refractivity contribution in [1.82, 2.24) is 0 Å². The van der Waals surface area contributed by atoms with Crippen molar-refractivity contribution in [3.8, 4) is 16.5 Å². The van der Waals surface area contributed by atoms with Crippen molar-refractivity contribution in [2.24, 2.45) is 0 Å². The highest BCUT2D eigenvalue weighted by Crippen LogP contribution is 2.39. The molecule has 0 aliphatic carbocycles. The molecule has 86 valence electrons. The Balaban J connectivity index is 2.64. The Morgan fingerprint density at radius 2 is 2.24 bits per heavy atom. The number of rotatable bonds is 2. The minimum Gasteiger partial charge on any atom is -0.397 e. The molecule has 0 atom stereocenters. The van der Waals surface area contributed by atoms with Crippen LogP contribution in [0.15, 0.2) is 24.3 Å². The summed E-state index contributed by atoms with van der Waals surface area (Å²) in [5.41, 5.74) is 8.62. The second-order valence-electron chi connectivity index (χ2n) is 3.63. The first-order valence-corrected chi connectivity index (χ1v) is 6.44. The predicted molar refractivity (Wildman–Crippen MR) is 73.3 cm³/mol. The summed E-state index contributed by atoms with van der Waals surface area (Å²) in [7, 11) is 0. The van der Waals surface area contributed by atoms with Crippen molar-refractivity contribution >= 4 is 28.6 Å². The van der Waals surface area contributed by atoms with Crippen LogP contribution in [0.2, 0.25) is 5.02 Å². The molecule has 2 rings (SSSR count). The van der Waals surface area contributed by atoms with Crippen LogP contribution < -0.4 is 5.73 Å². The summed E-state index contributed by atoms with van der Waals surface area (Å²) in [5.74, 6) is 0. The molecular formula is C13H11ClN2S. The van der Waals surface area contributed by atoms with Crippen LogP contribution in [-0.2, 0) is 6.42 Å². The minimum absolute atomic E-state index is 0.580. The standard InChI is InChI=1S/C13H11ClN2S/c1-2-10-12(16)11(7-15)17-13(10)8-4-3-5-9(14)6-8/h3-6H,2,16H2,1H3. The Hall–Kier alpha value is -1.50. The van der Waals surface area contributed by atoms with Crippen LogP contribution in [0.25, 0.3) is 10.4 Å². The molecule has 17 heavy (non-hydrogen) atoms. The molecule has 0 unspecified atom stereocenters. The van der Waals surface area contributed by atoms with Crippen LogP contribution in [-0.4, -0.2) is 0 Å². The normalized spacial score (nSPS) is 10.2. The van der Waals surface area contributed by atoms with E-state index in [9.17, 15) is 0 Å². The molecule has 2 N–H and O–H groups in total. The fourth-order valence-corrected chi connectivity index (χ4v) is 3.07. The number of anilines is 1. The molecule has 0 amide bonds. The highest BCUT2D eigenvalue weighted by Gasteiger charge is 2.15. The summed E-state index contributed by atoms with van der Waals surface area (Å²) < 4.78 is 0. The van der Waals surface area contributed by atoms with E-state index in [-0.39, 0.29) is 0 Å². The highest BCUT2D eigenvalue weighted by molar-refractivity contribution is 7.16. The van der Waals surface area contributed by atoms with Gasteiger partial charge in [0, 0.05) is 9.90 Å². The second-order valence-corrected chi connectivity index (χ2v) is 5.09. The van der Waals surface area contributed by atoms with E-state index < -0.39 is 0 Å². The van der Waals surface area contributed by atoms with Crippen molar-refractivity contribution in [3.05, 3.63) is 39.7 Å². The molecule has 2 aromatic rings. The molecule has 0 radical (unpaired) electrons. The Labute approximate surface area is 109 Å². The van der Waals surface area contributed by atoms with Crippen LogP contribution in [0.1, 0.15) is 17.4 Å². The van der Waals surface area contributed by atoms with Crippen LogP contribution >= 0.6 is 22.9 Å². The van der Waals surface area contributed by atoms with Crippen LogP contribution in [0.4, 0.5) is 5.69 Å². The van der Waals surface area contributed by atoms with Gasteiger partial charge in [-0.05, 0) is 29.7 Å². The van der Waals surface area contributed by atoms with Gasteiger partial charge in [-0.15, -0.1) is 11.3 Å². The van der Waals surface area contributed by atoms with E-state index >= 15 is 0 Å². The molecule has 0 aliphatic heterocycles. The fourth-order valence-electron chi connectivity index (χ4n) is 1.77. The summed E-state index contributed by atoms with van der Waals surface area (Å²) >= 11 is 7.41. The number of benzene rings is 1. The van der Waals surface area contributed by atoms with E-state index in [1.165, 1.54) is 11.3 Å². The number of nitrogens with zero attached hydrogens (tertiary/aromatic N) is 1. The van der Waals surface area contributed by atoms with Crippen molar-refractivity contribution in [1.29, 1.82) is 5.26 Å². The number of nitrogen functional groups attached to an aromatic ring is 1. The summed E-state index contributed by atoms with van der Waals surface area (Å²) in [6.07, 6.45) is 0.811. The quantitative estimate of drug-likeness (QED) is 0.886. The lowest BCUT2D eigenvalue weighted by Gasteiger charge is -2.02. The lowest BCUT2D eigenvalue weighted by Crippen LogP contribution is -1.91. The van der Waals surface area contributed by atoms with Gasteiger partial charge in [-0.1, -0.05) is 30.7 Å². The number of hydrogen-bond acceptors (Lipinski definition) is 3. The van der Waals surface area contributed by atoms with E-state index in [1.54, 1.807) is 0 Å². The zero-order chi connectivity index (χ0) is 12.4. The molecule has 0 fully saturated rings. The van der Waals surface area contributed by atoms with Crippen molar-refractivity contribution in [2.75, 3.05) is 5.73 Å². The third kappa shape index (κ3) is 2.14. The van der Waals surface area contributed by atoms with Gasteiger partial charge in [-0.3, -0.25) is 0 Å². The van der Waals surface area contributed by atoms with Gasteiger partial charge in [-0.2, -0.15) is 5.26 Å². The third-order valence-corrected chi connectivity index (χ3v) is 4.03. The number of halogens is 1. The summed E-state index contributed by atoms with van der Waals surface area (Å²) in [6, 6.07) is 9.75. The van der Waals surface area contributed by atoms with Gasteiger partial charge in [0.1, 0.15) is 10.9 Å². The summed E-state index contributed by atoms with van der Waals surface area (Å²) in [6.45, 7) is 2.04. The molecule has 0 aliphatic rings. The first-order valence-electron chi connectivity index (χ1n) is 5.24. The molecule has 0 saturated carbocycles. The maximum absolute atomic E-state index is 9.01. The minimum atomic E-state index is 0.580. The second kappa shape index (κ2) is 4.79. The van der Waals surface area contributed by atoms with Crippen molar-refractivity contribution in [2.45, 2.75) is 13.3 Å². The average molecular weight is 263 g/mol. The van der Waals surface area contributed by atoms with Crippen LogP contribution in [0, 0.1) is 11.3 Å². The average Bonchev–Trinajstić information content (AvgIpc) is 2.65. The monoisotopic (exact) mass is 262 g/mol. The Morgan fingerprint density at radius 3 is 2.82 bits per heavy atom. The van der Waals surface area contributed by atoms with Gasteiger partial charge in [0.2, 0.25) is 0 Å². The zero-order valence-electron chi connectivity index (χ0n) is 9.33. The molecule has 0 bridgehead atoms. The maximum atomic E-state index is 9.01. The Bertz CT molecular complexity index is 596. The molecule has 1 aromatic heterocycles. The first kappa shape index (κ1) is 12.0. The zero-order valence-corrected chi connectivity index (χ0v) is 10.9. The predicted octanol–water partition coefficient (Wildman–Crippen LogP) is 4.08. The van der Waals surface area contributed by atoms with Gasteiger partial charge in [0.25, 0.3) is 0 Å². The topological polar surface area (TPSA) is 49.8 Å². The van der Waals surface area contributed by atoms with Gasteiger partial charge in [0.05, 0.1) is 5.69 Å². The summed E-state index contributed by atoms with van der Waals surface area (Å²) in [5, 5.41) is 9.70. The third-order valence-electron chi connectivity index (χ3n) is 2.59. The number of nitrogens with two attached hydrogens (primary N) is 1. The smallest absolute Gasteiger partial charge is 0.128 e. The van der Waals surface area contributed by atoms with Gasteiger partial charge in [-0.25, -0.2) is 0 Å². The number of thiophene rings is 1. The largest absolute Gasteiger partial charge is 0.397 e. The lowest BCUT2D eigenvalue weighted by molar-refractivity contribution is 1.16. The maximum Gasteiger partial charge on any atom is 0.128 e. The van der Waals surface area contributed by atoms with E-state index in [4.69, 9.17) is 22.6 Å². The van der Waals surface area contributed by atoms with Gasteiger partial charge >= 0.3 is 0 Å². The molecular weight excluding hydrogens is 252 g/mol. The SMILES string of the molecule is CCc1c(-c2cccc(Cl)c2)sc(C#N)c1N. The van der Waals surface area contributed by atoms with Crippen LogP contribution in [0.3, 0.4) is 0 Å². The Morgan fingerprint density at radius 1 is 1.47 bits per heavy atom. The molecule has 0 saturated heterocycles. The number of hydrogen-bond donors (Lipinski definition) is 1. The van der Waals surface area contributed by atoms with E-state index in [0.717, 1.165) is 22.4 Å². The molecule has 2 nitrogen and oxygen atoms in total. The van der Waals surface area contributed by atoms with Crippen LogP contribution in [0.5, 0.6) is 0 Å². The van der Waals surface area contributed by atoms with E-state index in [0.29, 0.717) is 15.6 Å². The fraction of sp³-hybridized carbons (Fsp3) is 0.154. The van der Waals surface area contributed by atoms with Gasteiger partial charge in [0.15, 0.2) is 0 Å². The molecule has 0 spiro atoms. The Kier molecular flexibility index (Phi) is 3.37. The highest BCUT2D eigenvalue weighted by atomic mass is 35.5. The molecule has 1 heterocycles. The van der Waals surface area contributed by atoms with Crippen molar-refractivity contribution in [3.63, 3.8) is 0 Å². The number of nitriles is 1. The first-order chi connectivity index (χ1) is 8.17. The summed E-state index contributed by atoms with van der Waals surface area (Å²) in [4.78, 5) is 1.63. The van der Waals surface area contributed by atoms with E-state index in [2.05, 4.69) is 6.07 Å². The van der Waals surface area contributed by atoms with Gasteiger partial charge < -0.3 is 5.73 Å². The lowest BCUT2D eigenvalue weighted by atomic mass is 10.1.